The SMILES string of the molecule is CC(=O)C[C@@H](C)c1ccc(OC2CN(c3cc4c(cc3F)OCCCO4)C2)cc1. The Morgan fingerprint density at radius 3 is 2.48 bits per heavy atom. The minimum Gasteiger partial charge on any atom is -0.489 e. The first-order valence-corrected chi connectivity index (χ1v) is 10.1. The lowest BCUT2D eigenvalue weighted by Crippen LogP contribution is -2.54. The Bertz CT molecular complexity index is 877. The van der Waals surface area contributed by atoms with E-state index in [2.05, 4.69) is 0 Å². The largest absolute Gasteiger partial charge is 0.489 e. The van der Waals surface area contributed by atoms with Gasteiger partial charge in [-0.25, -0.2) is 4.39 Å². The van der Waals surface area contributed by atoms with E-state index in [0.717, 1.165) is 17.7 Å². The van der Waals surface area contributed by atoms with E-state index in [1.165, 1.54) is 6.07 Å². The van der Waals surface area contributed by atoms with Crippen LogP contribution >= 0.6 is 0 Å². The highest BCUT2D eigenvalue weighted by molar-refractivity contribution is 5.76. The summed E-state index contributed by atoms with van der Waals surface area (Å²) < 4.78 is 31.7. The molecule has 2 heterocycles. The summed E-state index contributed by atoms with van der Waals surface area (Å²) in [6.45, 7) is 5.99. The maximum absolute atomic E-state index is 14.5. The van der Waals surface area contributed by atoms with Gasteiger partial charge in [-0.05, 0) is 30.5 Å². The summed E-state index contributed by atoms with van der Waals surface area (Å²) in [6, 6.07) is 11.0. The number of hydrogen-bond donors (Lipinski definition) is 0. The zero-order valence-corrected chi connectivity index (χ0v) is 16.8. The van der Waals surface area contributed by atoms with Crippen molar-refractivity contribution in [2.75, 3.05) is 31.2 Å². The number of hydrogen-bond acceptors (Lipinski definition) is 5. The molecule has 1 saturated heterocycles. The van der Waals surface area contributed by atoms with Gasteiger partial charge in [0.1, 0.15) is 23.5 Å². The number of nitrogens with zero attached hydrogens (tertiary/aromatic N) is 1. The Kier molecular flexibility index (Phi) is 5.60. The van der Waals surface area contributed by atoms with E-state index < -0.39 is 0 Å². The third-order valence-corrected chi connectivity index (χ3v) is 5.35. The lowest BCUT2D eigenvalue weighted by molar-refractivity contribution is -0.117. The van der Waals surface area contributed by atoms with Crippen LogP contribution in [0.15, 0.2) is 36.4 Å². The van der Waals surface area contributed by atoms with Crippen LogP contribution in [-0.2, 0) is 4.79 Å². The number of benzene rings is 2. The van der Waals surface area contributed by atoms with Crippen LogP contribution in [0.4, 0.5) is 10.1 Å². The molecular weight excluding hydrogens is 373 g/mol. The Morgan fingerprint density at radius 2 is 1.83 bits per heavy atom. The van der Waals surface area contributed by atoms with Gasteiger partial charge in [0, 0.05) is 25.0 Å². The fourth-order valence-corrected chi connectivity index (χ4v) is 3.74. The molecule has 5 nitrogen and oxygen atoms in total. The fraction of sp³-hybridized carbons (Fsp3) is 0.435. The summed E-state index contributed by atoms with van der Waals surface area (Å²) in [4.78, 5) is 13.2. The van der Waals surface area contributed by atoms with E-state index >= 15 is 0 Å². The van der Waals surface area contributed by atoms with Crippen LogP contribution in [0.3, 0.4) is 0 Å². The van der Waals surface area contributed by atoms with E-state index in [4.69, 9.17) is 14.2 Å². The van der Waals surface area contributed by atoms with Gasteiger partial charge in [0.15, 0.2) is 11.5 Å². The number of carbonyl (C=O) groups excluding carboxylic acids is 1. The second-order valence-corrected chi connectivity index (χ2v) is 7.82. The number of halogens is 1. The Balaban J connectivity index is 1.35. The van der Waals surface area contributed by atoms with Crippen LogP contribution in [0.2, 0.25) is 0 Å². The second-order valence-electron chi connectivity index (χ2n) is 7.82. The number of anilines is 1. The summed E-state index contributed by atoms with van der Waals surface area (Å²) in [5, 5.41) is 0. The fourth-order valence-electron chi connectivity index (χ4n) is 3.74. The van der Waals surface area contributed by atoms with Crippen LogP contribution in [0.5, 0.6) is 17.2 Å². The van der Waals surface area contributed by atoms with Crippen molar-refractivity contribution < 1.29 is 23.4 Å². The van der Waals surface area contributed by atoms with Crippen LogP contribution < -0.4 is 19.1 Å². The molecule has 0 unspecified atom stereocenters. The summed E-state index contributed by atoms with van der Waals surface area (Å²) >= 11 is 0. The molecule has 2 aliphatic rings. The lowest BCUT2D eigenvalue weighted by atomic mass is 9.96. The summed E-state index contributed by atoms with van der Waals surface area (Å²) in [7, 11) is 0. The second kappa shape index (κ2) is 8.31. The molecule has 1 fully saturated rings. The molecule has 0 bridgehead atoms. The molecule has 0 radical (unpaired) electrons. The van der Waals surface area contributed by atoms with Gasteiger partial charge in [-0.1, -0.05) is 19.1 Å². The highest BCUT2D eigenvalue weighted by Crippen LogP contribution is 2.37. The molecule has 1 atom stereocenters. The molecule has 0 N–H and O–H groups in total. The summed E-state index contributed by atoms with van der Waals surface area (Å²) in [6.07, 6.45) is 1.34. The molecule has 2 aromatic rings. The Morgan fingerprint density at radius 1 is 1.17 bits per heavy atom. The van der Waals surface area contributed by atoms with Gasteiger partial charge in [0.05, 0.1) is 32.0 Å². The van der Waals surface area contributed by atoms with Crippen molar-refractivity contribution in [3.8, 4) is 17.2 Å². The quantitative estimate of drug-likeness (QED) is 0.723. The first-order chi connectivity index (χ1) is 14.0. The molecule has 154 valence electrons. The normalized spacial score (nSPS) is 17.3. The van der Waals surface area contributed by atoms with Gasteiger partial charge in [0.25, 0.3) is 0 Å². The van der Waals surface area contributed by atoms with E-state index in [0.29, 0.717) is 49.9 Å². The number of ether oxygens (including phenoxy) is 3. The number of ketones is 1. The minimum atomic E-state index is -0.309. The third kappa shape index (κ3) is 4.47. The smallest absolute Gasteiger partial charge is 0.164 e. The molecule has 29 heavy (non-hydrogen) atoms. The monoisotopic (exact) mass is 399 g/mol. The van der Waals surface area contributed by atoms with Crippen molar-refractivity contribution in [3.05, 3.63) is 47.8 Å². The molecule has 0 aromatic heterocycles. The highest BCUT2D eigenvalue weighted by Gasteiger charge is 2.31. The van der Waals surface area contributed by atoms with Crippen LogP contribution in [0.1, 0.15) is 38.2 Å². The summed E-state index contributed by atoms with van der Waals surface area (Å²) in [5.74, 6) is 1.93. The average molecular weight is 399 g/mol. The topological polar surface area (TPSA) is 48.0 Å². The maximum Gasteiger partial charge on any atom is 0.164 e. The van der Waals surface area contributed by atoms with E-state index in [9.17, 15) is 9.18 Å². The average Bonchev–Trinajstić information content (AvgIpc) is 2.88. The molecule has 0 aliphatic carbocycles. The van der Waals surface area contributed by atoms with E-state index in [1.807, 2.05) is 36.1 Å². The van der Waals surface area contributed by atoms with Gasteiger partial charge < -0.3 is 23.9 Å². The molecule has 0 amide bonds. The standard InChI is InChI=1S/C23H26FNO4/c1-15(10-16(2)26)17-4-6-18(7-5-17)29-19-13-25(14-19)21-12-23-22(11-20(21)24)27-8-3-9-28-23/h4-7,11-12,15,19H,3,8-10,13-14H2,1-2H3/t15-/m1/s1. The lowest BCUT2D eigenvalue weighted by Gasteiger charge is -2.40. The number of fused-ring (bicyclic) bond motifs is 1. The van der Waals surface area contributed by atoms with Gasteiger partial charge in [-0.2, -0.15) is 0 Å². The Hall–Kier alpha value is -2.76. The van der Waals surface area contributed by atoms with Gasteiger partial charge in [-0.3, -0.25) is 0 Å². The van der Waals surface area contributed by atoms with Gasteiger partial charge in [-0.15, -0.1) is 0 Å². The maximum atomic E-state index is 14.5. The number of carbonyl (C=O) groups is 1. The first kappa shape index (κ1) is 19.6. The third-order valence-electron chi connectivity index (χ3n) is 5.35. The van der Waals surface area contributed by atoms with Crippen molar-refractivity contribution in [3.63, 3.8) is 0 Å². The van der Waals surface area contributed by atoms with Crippen LogP contribution in [-0.4, -0.2) is 38.2 Å². The first-order valence-electron chi connectivity index (χ1n) is 10.1. The molecule has 0 spiro atoms. The predicted octanol–water partition coefficient (Wildman–Crippen LogP) is 4.34. The zero-order chi connectivity index (χ0) is 20.4. The van der Waals surface area contributed by atoms with Crippen molar-refractivity contribution in [2.45, 2.75) is 38.7 Å². The van der Waals surface area contributed by atoms with E-state index in [1.54, 1.807) is 13.0 Å². The zero-order valence-electron chi connectivity index (χ0n) is 16.8. The van der Waals surface area contributed by atoms with Crippen molar-refractivity contribution in [1.29, 1.82) is 0 Å². The van der Waals surface area contributed by atoms with Crippen LogP contribution in [0, 0.1) is 5.82 Å². The molecule has 6 heteroatoms. The molecule has 0 saturated carbocycles. The molecule has 2 aromatic carbocycles. The van der Waals surface area contributed by atoms with Gasteiger partial charge in [0.2, 0.25) is 0 Å². The van der Waals surface area contributed by atoms with Crippen molar-refractivity contribution in [2.24, 2.45) is 0 Å². The predicted molar refractivity (Wildman–Crippen MR) is 109 cm³/mol. The van der Waals surface area contributed by atoms with Gasteiger partial charge >= 0.3 is 0 Å². The van der Waals surface area contributed by atoms with Crippen molar-refractivity contribution in [1.82, 2.24) is 0 Å². The number of rotatable bonds is 6. The molecule has 4 rings (SSSR count). The van der Waals surface area contributed by atoms with E-state index in [-0.39, 0.29) is 23.6 Å². The van der Waals surface area contributed by atoms with Crippen molar-refractivity contribution >= 4 is 11.5 Å². The van der Waals surface area contributed by atoms with Crippen LogP contribution in [0.25, 0.3) is 0 Å². The highest BCUT2D eigenvalue weighted by atomic mass is 19.1. The minimum absolute atomic E-state index is 0.00544. The Labute approximate surface area is 170 Å². The number of Topliss-reactive ketones (excluding diaryl/α,β-unsaturated/α-hetero) is 1. The summed E-state index contributed by atoms with van der Waals surface area (Å²) in [5.41, 5.74) is 1.64. The molecule has 2 aliphatic heterocycles. The molecular formula is C23H26FNO4.